The fourth-order valence-electron chi connectivity index (χ4n) is 1.06. The fourth-order valence-corrected chi connectivity index (χ4v) is 1.06. The van der Waals surface area contributed by atoms with Crippen LogP contribution in [0.3, 0.4) is 0 Å². The summed E-state index contributed by atoms with van der Waals surface area (Å²) in [6.45, 7) is 0. The molecule has 0 amide bonds. The predicted molar refractivity (Wildman–Crippen MR) is 46.4 cm³/mol. The first-order valence-corrected chi connectivity index (χ1v) is 3.42. The normalized spacial score (nSPS) is 9.33. The molecule has 0 aliphatic heterocycles. The van der Waals surface area contributed by atoms with Crippen molar-refractivity contribution in [2.75, 3.05) is 0 Å². The van der Waals surface area contributed by atoms with Gasteiger partial charge in [-0.3, -0.25) is 0 Å². The van der Waals surface area contributed by atoms with Crippen molar-refractivity contribution >= 4 is 23.8 Å². The quantitative estimate of drug-likeness (QED) is 0.356. The van der Waals surface area contributed by atoms with E-state index in [0.29, 0.717) is 5.69 Å². The molecule has 0 N–H and O–H groups in total. The molecule has 1 heterocycles. The summed E-state index contributed by atoms with van der Waals surface area (Å²) in [5.41, 5.74) is 9.48. The van der Waals surface area contributed by atoms with Crippen LogP contribution in [0, 0.1) is 0 Å². The Balaban J connectivity index is 2.67. The number of fused-ring (bicyclic) bond motifs is 1. The summed E-state index contributed by atoms with van der Waals surface area (Å²) in [4.78, 5) is 2.68. The third-order valence-corrected chi connectivity index (χ3v) is 1.60. The van der Waals surface area contributed by atoms with Gasteiger partial charge in [-0.25, -0.2) is 0 Å². The van der Waals surface area contributed by atoms with Crippen molar-refractivity contribution in [2.24, 2.45) is 5.11 Å². The third-order valence-electron chi connectivity index (χ3n) is 1.60. The summed E-state index contributed by atoms with van der Waals surface area (Å²) < 4.78 is 5.12. The Bertz CT molecular complexity index is 458. The number of benzene rings is 1. The van der Waals surface area contributed by atoms with E-state index in [2.05, 4.69) is 10.0 Å². The summed E-state index contributed by atoms with van der Waals surface area (Å²) in [6, 6.07) is 5.30. The molecule has 56 valence electrons. The van der Waals surface area contributed by atoms with Gasteiger partial charge in [0.1, 0.15) is 0 Å². The molecule has 4 nitrogen and oxygen atoms in total. The van der Waals surface area contributed by atoms with Gasteiger partial charge < -0.3 is 0 Å². The molecule has 0 fully saturated rings. The average molecular weight is 157 g/mol. The molecule has 0 saturated carbocycles. The van der Waals surface area contributed by atoms with E-state index in [9.17, 15) is 0 Å². The summed E-state index contributed by atoms with van der Waals surface area (Å²) in [5.74, 6) is 1.86. The molecule has 2 aromatic rings. The van der Waals surface area contributed by atoms with Crippen molar-refractivity contribution in [3.63, 3.8) is 0 Å². The molecule has 0 saturated heterocycles. The molecule has 1 aromatic carbocycles. The van der Waals surface area contributed by atoms with Gasteiger partial charge in [0, 0.05) is 0 Å². The van der Waals surface area contributed by atoms with Crippen LogP contribution in [0.15, 0.2) is 33.6 Å². The molecule has 5 heteroatoms. The number of hydrogen-bond acceptors (Lipinski definition) is 2. The van der Waals surface area contributed by atoms with Gasteiger partial charge in [-0.05, 0) is 0 Å². The second-order valence-corrected chi connectivity index (χ2v) is 2.33. The second-order valence-electron chi connectivity index (χ2n) is 2.33. The van der Waals surface area contributed by atoms with Crippen LogP contribution in [-0.2, 0) is 0 Å². The maximum atomic E-state index is 8.17. The number of hydrogen-bond donors (Lipinski definition) is 0. The Kier molecular flexibility index (Phi) is 1.57. The van der Waals surface area contributed by atoms with E-state index in [1.807, 2.05) is 12.0 Å². The van der Waals surface area contributed by atoms with E-state index < -0.39 is 0 Å². The van der Waals surface area contributed by atoms with Crippen molar-refractivity contribution in [3.05, 3.63) is 34.6 Å². The topological polar surface area (TPSA) is 61.9 Å². The van der Waals surface area contributed by atoms with Crippen LogP contribution in [-0.4, -0.2) is 7.13 Å². The molecule has 0 spiro atoms. The summed E-state index contributed by atoms with van der Waals surface area (Å²) in [5, 5.41) is 4.46. The number of rotatable bonds is 1. The van der Waals surface area contributed by atoms with Gasteiger partial charge in [0.15, 0.2) is 0 Å². The van der Waals surface area contributed by atoms with Crippen molar-refractivity contribution in [2.45, 2.75) is 0 Å². The first-order chi connectivity index (χ1) is 5.90. The van der Waals surface area contributed by atoms with Crippen LogP contribution in [0.4, 0.5) is 5.69 Å². The van der Waals surface area contributed by atoms with Crippen LogP contribution < -0.4 is 0 Å². The summed E-state index contributed by atoms with van der Waals surface area (Å²) in [7, 11) is 1.60. The zero-order valence-corrected chi connectivity index (χ0v) is 6.14. The molecule has 1 aromatic heterocycles. The fraction of sp³-hybridized carbons (Fsp3) is 0. The molecule has 0 aliphatic rings. The van der Waals surface area contributed by atoms with Crippen molar-refractivity contribution in [1.82, 2.24) is 0 Å². The monoisotopic (exact) mass is 157 g/mol. The van der Waals surface area contributed by atoms with Crippen molar-refractivity contribution < 1.29 is 4.33 Å². The number of nitrogens with zero attached hydrogens (tertiary/aromatic N) is 3. The average Bonchev–Trinajstić information content (AvgIpc) is 2.51. The summed E-state index contributed by atoms with van der Waals surface area (Å²) >= 11 is 0. The minimum atomic E-state index is 0.569. The molecular formula is C7H4BN3O. The molecule has 2 rings (SSSR count). The predicted octanol–water partition coefficient (Wildman–Crippen LogP) is 2.71. The molecule has 0 atom stereocenters. The Morgan fingerprint density at radius 3 is 3.25 bits per heavy atom. The van der Waals surface area contributed by atoms with Gasteiger partial charge in [-0.1, -0.05) is 0 Å². The first kappa shape index (κ1) is 6.94. The van der Waals surface area contributed by atoms with E-state index in [0.717, 1.165) is 11.0 Å². The van der Waals surface area contributed by atoms with Gasteiger partial charge in [0.2, 0.25) is 0 Å². The Labute approximate surface area is 68.7 Å². The molecule has 0 radical (unpaired) electrons. The van der Waals surface area contributed by atoms with Gasteiger partial charge in [0.05, 0.1) is 0 Å². The molecular weight excluding hydrogens is 153 g/mol. The standard InChI is InChI=1S/C7H4BN3O/c9-11-10-6-2-1-5-4-8-12-7(5)3-6/h1-4H. The van der Waals surface area contributed by atoms with Crippen molar-refractivity contribution in [3.8, 4) is 0 Å². The summed E-state index contributed by atoms with van der Waals surface area (Å²) in [6.07, 6.45) is 0. The molecule has 0 bridgehead atoms. The van der Waals surface area contributed by atoms with Gasteiger partial charge in [0.25, 0.3) is 0 Å². The van der Waals surface area contributed by atoms with Crippen LogP contribution in [0.25, 0.3) is 21.4 Å². The Morgan fingerprint density at radius 2 is 2.42 bits per heavy atom. The second kappa shape index (κ2) is 2.72. The van der Waals surface area contributed by atoms with E-state index in [1.165, 1.54) is 0 Å². The van der Waals surface area contributed by atoms with E-state index in [-0.39, 0.29) is 0 Å². The zero-order valence-electron chi connectivity index (χ0n) is 6.14. The molecule has 0 unspecified atom stereocenters. The van der Waals surface area contributed by atoms with Gasteiger partial charge in [-0.2, -0.15) is 0 Å². The van der Waals surface area contributed by atoms with Gasteiger partial charge in [-0.15, -0.1) is 0 Å². The third kappa shape index (κ3) is 1.06. The van der Waals surface area contributed by atoms with Gasteiger partial charge >= 0.3 is 67.8 Å². The Hall–Kier alpha value is -1.74. The SMILES string of the molecule is [N-]=[N+]=Nc1ccc2cboc2c1. The molecule has 0 aliphatic carbocycles. The maximum absolute atomic E-state index is 8.17. The Morgan fingerprint density at radius 1 is 1.50 bits per heavy atom. The van der Waals surface area contributed by atoms with Crippen molar-refractivity contribution in [1.29, 1.82) is 0 Å². The van der Waals surface area contributed by atoms with Crippen LogP contribution in [0.5, 0.6) is 0 Å². The van der Waals surface area contributed by atoms with E-state index >= 15 is 0 Å². The van der Waals surface area contributed by atoms with Crippen LogP contribution >= 0.6 is 0 Å². The minimum absolute atomic E-state index is 0.569. The first-order valence-electron chi connectivity index (χ1n) is 3.42. The van der Waals surface area contributed by atoms with E-state index in [4.69, 9.17) is 9.86 Å². The van der Waals surface area contributed by atoms with Crippen LogP contribution in [0.2, 0.25) is 0 Å². The van der Waals surface area contributed by atoms with Crippen LogP contribution in [0.1, 0.15) is 0 Å². The molecule has 12 heavy (non-hydrogen) atoms. The zero-order chi connectivity index (χ0) is 8.39. The van der Waals surface area contributed by atoms with E-state index in [1.54, 1.807) is 19.3 Å². The number of azide groups is 1.